The predicted molar refractivity (Wildman–Crippen MR) is 72.6 cm³/mol. The molecular formula is C15H20N2O. The van der Waals surface area contributed by atoms with E-state index in [9.17, 15) is 4.79 Å². The molecule has 18 heavy (non-hydrogen) atoms. The second-order valence-electron chi connectivity index (χ2n) is 5.79. The van der Waals surface area contributed by atoms with Crippen LogP contribution >= 0.6 is 0 Å². The first-order valence-corrected chi connectivity index (χ1v) is 6.77. The second-order valence-corrected chi connectivity index (χ2v) is 5.79. The Balaban J connectivity index is 2.08. The number of primary amides is 1. The van der Waals surface area contributed by atoms with Crippen LogP contribution in [-0.2, 0) is 10.2 Å². The van der Waals surface area contributed by atoms with E-state index >= 15 is 0 Å². The number of carbonyl (C=O) groups is 1. The summed E-state index contributed by atoms with van der Waals surface area (Å²) in [4.78, 5) is 13.6. The lowest BCUT2D eigenvalue weighted by Gasteiger charge is -2.40. The van der Waals surface area contributed by atoms with Crippen LogP contribution in [-0.4, -0.2) is 18.5 Å². The van der Waals surface area contributed by atoms with Gasteiger partial charge in [0, 0.05) is 17.1 Å². The molecule has 2 aliphatic rings. The standard InChI is InChI=1S/C15H20N2O/c1-15-9-5-4-8-13(15)17(10-14(16)18)12-7-3-2-6-11(12)15/h2-3,6-7,13H,4-5,8-10H2,1H3,(H2,16,18)/t13-,15-/m0/s1. The molecule has 1 aliphatic heterocycles. The number of carbonyl (C=O) groups excluding carboxylic acids is 1. The molecule has 1 aliphatic carbocycles. The van der Waals surface area contributed by atoms with E-state index in [1.54, 1.807) is 0 Å². The fourth-order valence-electron chi connectivity index (χ4n) is 3.87. The number of rotatable bonds is 2. The second kappa shape index (κ2) is 4.01. The van der Waals surface area contributed by atoms with Crippen LogP contribution in [0.2, 0.25) is 0 Å². The molecule has 0 aromatic heterocycles. The van der Waals surface area contributed by atoms with Gasteiger partial charge in [-0.25, -0.2) is 0 Å². The van der Waals surface area contributed by atoms with E-state index in [0.717, 1.165) is 0 Å². The van der Waals surface area contributed by atoms with E-state index in [1.807, 2.05) is 6.07 Å². The van der Waals surface area contributed by atoms with E-state index in [2.05, 4.69) is 30.0 Å². The normalized spacial score (nSPS) is 29.8. The van der Waals surface area contributed by atoms with E-state index in [4.69, 9.17) is 5.73 Å². The molecule has 3 rings (SSSR count). The summed E-state index contributed by atoms with van der Waals surface area (Å²) >= 11 is 0. The van der Waals surface area contributed by atoms with Crippen molar-refractivity contribution in [3.63, 3.8) is 0 Å². The number of nitrogens with two attached hydrogens (primary N) is 1. The fourth-order valence-corrected chi connectivity index (χ4v) is 3.87. The van der Waals surface area contributed by atoms with Crippen LogP contribution in [0.15, 0.2) is 24.3 Å². The molecule has 2 N–H and O–H groups in total. The Morgan fingerprint density at radius 2 is 2.22 bits per heavy atom. The summed E-state index contributed by atoms with van der Waals surface area (Å²) in [5.74, 6) is -0.236. The van der Waals surface area contributed by atoms with Gasteiger partial charge in [-0.15, -0.1) is 0 Å². The molecule has 1 aromatic carbocycles. The summed E-state index contributed by atoms with van der Waals surface area (Å²) in [6.07, 6.45) is 4.91. The van der Waals surface area contributed by atoms with Gasteiger partial charge in [0.25, 0.3) is 0 Å². The molecule has 1 saturated carbocycles. The summed E-state index contributed by atoms with van der Waals surface area (Å²) in [5.41, 5.74) is 8.23. The zero-order valence-electron chi connectivity index (χ0n) is 10.9. The van der Waals surface area contributed by atoms with Gasteiger partial charge in [0.05, 0.1) is 6.54 Å². The number of anilines is 1. The van der Waals surface area contributed by atoms with Gasteiger partial charge >= 0.3 is 0 Å². The van der Waals surface area contributed by atoms with Gasteiger partial charge in [0.2, 0.25) is 5.91 Å². The quantitative estimate of drug-likeness (QED) is 0.867. The van der Waals surface area contributed by atoms with Gasteiger partial charge in [0.1, 0.15) is 0 Å². The van der Waals surface area contributed by atoms with Gasteiger partial charge < -0.3 is 10.6 Å². The molecule has 2 atom stereocenters. The van der Waals surface area contributed by atoms with E-state index in [1.165, 1.54) is 36.9 Å². The smallest absolute Gasteiger partial charge is 0.236 e. The highest BCUT2D eigenvalue weighted by atomic mass is 16.1. The zero-order valence-corrected chi connectivity index (χ0v) is 10.9. The molecule has 96 valence electrons. The van der Waals surface area contributed by atoms with Crippen LogP contribution in [0.3, 0.4) is 0 Å². The average molecular weight is 244 g/mol. The Kier molecular flexibility index (Phi) is 2.58. The van der Waals surface area contributed by atoms with Crippen LogP contribution in [0.4, 0.5) is 5.69 Å². The molecule has 0 bridgehead atoms. The maximum absolute atomic E-state index is 11.3. The Labute approximate surface area is 108 Å². The third-order valence-electron chi connectivity index (χ3n) is 4.69. The van der Waals surface area contributed by atoms with Gasteiger partial charge in [-0.1, -0.05) is 38.0 Å². The Morgan fingerprint density at radius 3 is 3.00 bits per heavy atom. The number of benzene rings is 1. The third-order valence-corrected chi connectivity index (χ3v) is 4.69. The largest absolute Gasteiger partial charge is 0.368 e. The molecule has 3 heteroatoms. The number of nitrogens with zero attached hydrogens (tertiary/aromatic N) is 1. The number of para-hydroxylation sites is 1. The summed E-state index contributed by atoms with van der Waals surface area (Å²) < 4.78 is 0. The molecule has 1 heterocycles. The monoisotopic (exact) mass is 244 g/mol. The first-order valence-electron chi connectivity index (χ1n) is 6.77. The van der Waals surface area contributed by atoms with Crippen molar-refractivity contribution in [1.29, 1.82) is 0 Å². The van der Waals surface area contributed by atoms with Crippen molar-refractivity contribution < 1.29 is 4.79 Å². The Bertz CT molecular complexity index is 485. The highest BCUT2D eigenvalue weighted by Gasteiger charge is 2.48. The summed E-state index contributed by atoms with van der Waals surface area (Å²) in [7, 11) is 0. The van der Waals surface area contributed by atoms with Crippen molar-refractivity contribution in [2.24, 2.45) is 5.73 Å². The first kappa shape index (κ1) is 11.6. The zero-order chi connectivity index (χ0) is 12.8. The van der Waals surface area contributed by atoms with Crippen molar-refractivity contribution in [2.75, 3.05) is 11.4 Å². The minimum Gasteiger partial charge on any atom is -0.368 e. The van der Waals surface area contributed by atoms with Crippen LogP contribution in [0.5, 0.6) is 0 Å². The summed E-state index contributed by atoms with van der Waals surface area (Å²) in [6.45, 7) is 2.69. The topological polar surface area (TPSA) is 46.3 Å². The molecule has 1 fully saturated rings. The maximum atomic E-state index is 11.3. The predicted octanol–water partition coefficient (Wildman–Crippen LogP) is 2.19. The lowest BCUT2D eigenvalue weighted by Crippen LogP contribution is -2.48. The highest BCUT2D eigenvalue weighted by molar-refractivity contribution is 5.81. The fraction of sp³-hybridized carbons (Fsp3) is 0.533. The third kappa shape index (κ3) is 1.53. The van der Waals surface area contributed by atoms with E-state index < -0.39 is 0 Å². The first-order chi connectivity index (χ1) is 8.63. The van der Waals surface area contributed by atoms with Gasteiger partial charge in [0.15, 0.2) is 0 Å². The van der Waals surface area contributed by atoms with Gasteiger partial charge in [-0.05, 0) is 24.5 Å². The van der Waals surface area contributed by atoms with Crippen LogP contribution in [0, 0.1) is 0 Å². The average Bonchev–Trinajstić information content (AvgIpc) is 2.60. The van der Waals surface area contributed by atoms with Crippen LogP contribution in [0.25, 0.3) is 0 Å². The van der Waals surface area contributed by atoms with Crippen molar-refractivity contribution >= 4 is 11.6 Å². The number of fused-ring (bicyclic) bond motifs is 3. The highest BCUT2D eigenvalue weighted by Crippen LogP contribution is 2.51. The van der Waals surface area contributed by atoms with Crippen LogP contribution < -0.4 is 10.6 Å². The molecular weight excluding hydrogens is 224 g/mol. The molecule has 0 radical (unpaired) electrons. The van der Waals surface area contributed by atoms with Crippen LogP contribution in [0.1, 0.15) is 38.2 Å². The maximum Gasteiger partial charge on any atom is 0.236 e. The number of amides is 1. The lowest BCUT2D eigenvalue weighted by atomic mass is 9.69. The SMILES string of the molecule is C[C@@]12CCCC[C@@H]1N(CC(N)=O)c1ccccc12. The number of hydrogen-bond acceptors (Lipinski definition) is 2. The van der Waals surface area contributed by atoms with Gasteiger partial charge in [-0.3, -0.25) is 4.79 Å². The van der Waals surface area contributed by atoms with Gasteiger partial charge in [-0.2, -0.15) is 0 Å². The van der Waals surface area contributed by atoms with Crippen molar-refractivity contribution in [1.82, 2.24) is 0 Å². The lowest BCUT2D eigenvalue weighted by molar-refractivity contribution is -0.116. The minimum atomic E-state index is -0.236. The minimum absolute atomic E-state index is 0.199. The molecule has 0 unspecified atom stereocenters. The Hall–Kier alpha value is -1.51. The van der Waals surface area contributed by atoms with Crippen molar-refractivity contribution in [3.05, 3.63) is 29.8 Å². The summed E-state index contributed by atoms with van der Waals surface area (Å²) in [5, 5.41) is 0. The summed E-state index contributed by atoms with van der Waals surface area (Å²) in [6, 6.07) is 8.93. The Morgan fingerprint density at radius 1 is 1.44 bits per heavy atom. The molecule has 1 aromatic rings. The molecule has 0 saturated heterocycles. The van der Waals surface area contributed by atoms with Crippen molar-refractivity contribution in [2.45, 2.75) is 44.1 Å². The molecule has 0 spiro atoms. The van der Waals surface area contributed by atoms with E-state index in [-0.39, 0.29) is 11.3 Å². The number of hydrogen-bond donors (Lipinski definition) is 1. The molecule has 1 amide bonds. The molecule has 3 nitrogen and oxygen atoms in total. The van der Waals surface area contributed by atoms with E-state index in [0.29, 0.717) is 12.6 Å². The van der Waals surface area contributed by atoms with Crippen molar-refractivity contribution in [3.8, 4) is 0 Å².